The molecule has 1 saturated heterocycles. The number of nitrogens with zero attached hydrogens (tertiary/aromatic N) is 1. The largest absolute Gasteiger partial charge is 0.496 e. The van der Waals surface area contributed by atoms with Gasteiger partial charge in [0.05, 0.1) is 12.5 Å². The molecule has 1 aromatic rings. The summed E-state index contributed by atoms with van der Waals surface area (Å²) in [5, 5.41) is 3.33. The molecule has 0 bridgehead atoms. The van der Waals surface area contributed by atoms with E-state index in [0.29, 0.717) is 6.54 Å². The predicted octanol–water partition coefficient (Wildman–Crippen LogP) is 2.81. The van der Waals surface area contributed by atoms with Crippen molar-refractivity contribution in [3.8, 4) is 5.75 Å². The summed E-state index contributed by atoms with van der Waals surface area (Å²) >= 11 is 3.47. The Bertz CT molecular complexity index is 513. The van der Waals surface area contributed by atoms with Crippen molar-refractivity contribution in [1.29, 1.82) is 0 Å². The third-order valence-corrected chi connectivity index (χ3v) is 4.60. The van der Waals surface area contributed by atoms with E-state index in [9.17, 15) is 4.79 Å². The van der Waals surface area contributed by atoms with Gasteiger partial charge in [-0.05, 0) is 44.5 Å². The molecule has 21 heavy (non-hydrogen) atoms. The first-order valence-electron chi connectivity index (χ1n) is 7.25. The van der Waals surface area contributed by atoms with E-state index in [2.05, 4.69) is 28.2 Å². The molecule has 1 N–H and O–H groups in total. The van der Waals surface area contributed by atoms with Crippen molar-refractivity contribution in [3.63, 3.8) is 0 Å². The molecule has 1 unspecified atom stereocenters. The maximum absolute atomic E-state index is 12.7. The number of methoxy groups -OCH3 is 1. The third-order valence-electron chi connectivity index (χ3n) is 4.11. The molecule has 0 radical (unpaired) electrons. The van der Waals surface area contributed by atoms with Gasteiger partial charge < -0.3 is 15.0 Å². The Morgan fingerprint density at radius 3 is 2.90 bits per heavy atom. The molecule has 1 atom stereocenters. The average Bonchev–Trinajstić information content (AvgIpc) is 2.47. The fourth-order valence-corrected chi connectivity index (χ4v) is 3.31. The van der Waals surface area contributed by atoms with Crippen LogP contribution in [0.5, 0.6) is 5.75 Å². The van der Waals surface area contributed by atoms with Gasteiger partial charge in [0.2, 0.25) is 5.91 Å². The van der Waals surface area contributed by atoms with Crippen LogP contribution in [-0.2, 0) is 11.3 Å². The molecule has 0 aromatic heterocycles. The minimum Gasteiger partial charge on any atom is -0.496 e. The summed E-state index contributed by atoms with van der Waals surface area (Å²) in [6, 6.07) is 5.86. The van der Waals surface area contributed by atoms with Crippen LogP contribution in [0.1, 0.15) is 25.3 Å². The van der Waals surface area contributed by atoms with E-state index in [0.717, 1.165) is 41.7 Å². The number of carbonyl (C=O) groups excluding carboxylic acids is 1. The van der Waals surface area contributed by atoms with Crippen LogP contribution in [0.4, 0.5) is 0 Å². The van der Waals surface area contributed by atoms with Gasteiger partial charge >= 0.3 is 0 Å². The second-order valence-electron chi connectivity index (χ2n) is 5.96. The number of benzene rings is 1. The Morgan fingerprint density at radius 1 is 1.52 bits per heavy atom. The van der Waals surface area contributed by atoms with Crippen LogP contribution in [0.3, 0.4) is 0 Å². The summed E-state index contributed by atoms with van der Waals surface area (Å²) in [5.74, 6) is 1.00. The fraction of sp³-hybridized carbons (Fsp3) is 0.562. The summed E-state index contributed by atoms with van der Waals surface area (Å²) in [6.07, 6.45) is 2.00. The average molecular weight is 355 g/mol. The van der Waals surface area contributed by atoms with Gasteiger partial charge in [-0.1, -0.05) is 15.9 Å². The Hall–Kier alpha value is -1.07. The minimum absolute atomic E-state index is 0.191. The number of nitrogens with one attached hydrogen (secondary N) is 1. The molecular formula is C16H23BrN2O2. The lowest BCUT2D eigenvalue weighted by Crippen LogP contribution is -2.48. The highest BCUT2D eigenvalue weighted by molar-refractivity contribution is 9.10. The minimum atomic E-state index is -0.299. The number of ether oxygens (including phenoxy) is 1. The summed E-state index contributed by atoms with van der Waals surface area (Å²) in [6.45, 7) is 4.37. The predicted molar refractivity (Wildman–Crippen MR) is 87.4 cm³/mol. The Morgan fingerprint density at radius 2 is 2.29 bits per heavy atom. The quantitative estimate of drug-likeness (QED) is 0.903. The molecule has 1 fully saturated rings. The highest BCUT2D eigenvalue weighted by Crippen LogP contribution is 2.30. The van der Waals surface area contributed by atoms with E-state index in [1.165, 1.54) is 0 Å². The van der Waals surface area contributed by atoms with E-state index < -0.39 is 0 Å². The maximum atomic E-state index is 12.7. The monoisotopic (exact) mass is 354 g/mol. The zero-order chi connectivity index (χ0) is 15.5. The molecule has 1 heterocycles. The lowest BCUT2D eigenvalue weighted by atomic mass is 9.81. The first-order chi connectivity index (χ1) is 9.96. The zero-order valence-electron chi connectivity index (χ0n) is 12.9. The number of hydrogen-bond acceptors (Lipinski definition) is 3. The molecule has 0 aliphatic carbocycles. The highest BCUT2D eigenvalue weighted by atomic mass is 79.9. The van der Waals surface area contributed by atoms with Crippen LogP contribution in [0, 0.1) is 5.41 Å². The van der Waals surface area contributed by atoms with Crippen molar-refractivity contribution >= 4 is 21.8 Å². The molecule has 1 amide bonds. The smallest absolute Gasteiger partial charge is 0.229 e. The van der Waals surface area contributed by atoms with Gasteiger partial charge in [-0.3, -0.25) is 4.79 Å². The van der Waals surface area contributed by atoms with E-state index >= 15 is 0 Å². The standard InChI is InChI=1S/C16H23BrN2O2/c1-16(7-4-8-18-11-16)15(20)19(2)10-12-9-13(17)5-6-14(12)21-3/h5-6,9,18H,4,7-8,10-11H2,1-3H3. The van der Waals surface area contributed by atoms with Gasteiger partial charge in [-0.2, -0.15) is 0 Å². The lowest BCUT2D eigenvalue weighted by Gasteiger charge is -2.36. The first-order valence-corrected chi connectivity index (χ1v) is 8.04. The summed E-state index contributed by atoms with van der Waals surface area (Å²) in [5.41, 5.74) is 0.710. The van der Waals surface area contributed by atoms with Gasteiger partial charge in [-0.25, -0.2) is 0 Å². The van der Waals surface area contributed by atoms with Crippen LogP contribution < -0.4 is 10.1 Å². The van der Waals surface area contributed by atoms with Gasteiger partial charge in [0.15, 0.2) is 0 Å². The molecule has 2 rings (SSSR count). The molecule has 5 heteroatoms. The molecule has 4 nitrogen and oxygen atoms in total. The van der Waals surface area contributed by atoms with Crippen LogP contribution >= 0.6 is 15.9 Å². The van der Waals surface area contributed by atoms with Gasteiger partial charge in [-0.15, -0.1) is 0 Å². The topological polar surface area (TPSA) is 41.6 Å². The van der Waals surface area contributed by atoms with E-state index in [1.54, 1.807) is 12.0 Å². The molecule has 1 aliphatic heterocycles. The Labute approximate surface area is 135 Å². The van der Waals surface area contributed by atoms with E-state index in [-0.39, 0.29) is 11.3 Å². The van der Waals surface area contributed by atoms with Crippen LogP contribution in [0.25, 0.3) is 0 Å². The number of amides is 1. The molecule has 0 saturated carbocycles. The van der Waals surface area contributed by atoms with E-state index in [4.69, 9.17) is 4.74 Å². The zero-order valence-corrected chi connectivity index (χ0v) is 14.5. The van der Waals surface area contributed by atoms with Crippen LogP contribution in [0.15, 0.2) is 22.7 Å². The highest BCUT2D eigenvalue weighted by Gasteiger charge is 2.36. The fourth-order valence-electron chi connectivity index (χ4n) is 2.90. The van der Waals surface area contributed by atoms with Crippen molar-refractivity contribution in [2.45, 2.75) is 26.3 Å². The van der Waals surface area contributed by atoms with E-state index in [1.807, 2.05) is 25.2 Å². The lowest BCUT2D eigenvalue weighted by molar-refractivity contribution is -0.141. The molecular weight excluding hydrogens is 332 g/mol. The molecule has 1 aliphatic rings. The Kier molecular flexibility index (Phi) is 5.27. The second-order valence-corrected chi connectivity index (χ2v) is 6.87. The van der Waals surface area contributed by atoms with Crippen molar-refractivity contribution in [3.05, 3.63) is 28.2 Å². The summed E-state index contributed by atoms with van der Waals surface area (Å²) < 4.78 is 6.37. The summed E-state index contributed by atoms with van der Waals surface area (Å²) in [7, 11) is 3.52. The number of hydrogen-bond donors (Lipinski definition) is 1. The molecule has 116 valence electrons. The maximum Gasteiger partial charge on any atom is 0.229 e. The SMILES string of the molecule is COc1ccc(Br)cc1CN(C)C(=O)C1(C)CCCNC1. The first kappa shape index (κ1) is 16.3. The van der Waals surface area contributed by atoms with Crippen molar-refractivity contribution < 1.29 is 9.53 Å². The van der Waals surface area contributed by atoms with Gasteiger partial charge in [0.1, 0.15) is 5.75 Å². The molecule has 0 spiro atoms. The summed E-state index contributed by atoms with van der Waals surface area (Å²) in [4.78, 5) is 14.5. The number of piperidine rings is 1. The third kappa shape index (κ3) is 3.77. The van der Waals surface area contributed by atoms with Crippen LogP contribution in [-0.4, -0.2) is 38.1 Å². The van der Waals surface area contributed by atoms with Gasteiger partial charge in [0.25, 0.3) is 0 Å². The van der Waals surface area contributed by atoms with Crippen LogP contribution in [0.2, 0.25) is 0 Å². The number of carbonyl (C=O) groups is 1. The number of rotatable bonds is 4. The Balaban J connectivity index is 2.12. The molecule has 1 aromatic carbocycles. The van der Waals surface area contributed by atoms with Crippen molar-refractivity contribution in [2.24, 2.45) is 5.41 Å². The van der Waals surface area contributed by atoms with Gasteiger partial charge in [0, 0.05) is 30.2 Å². The van der Waals surface area contributed by atoms with Crippen molar-refractivity contribution in [1.82, 2.24) is 10.2 Å². The second kappa shape index (κ2) is 6.79. The normalized spacial score (nSPS) is 21.9. The number of halogens is 1. The van der Waals surface area contributed by atoms with Crippen molar-refractivity contribution in [2.75, 3.05) is 27.2 Å².